The molecule has 4 fully saturated rings. The number of piperidine rings is 1. The van der Waals surface area contributed by atoms with Crippen molar-refractivity contribution in [1.82, 2.24) is 20.5 Å². The number of fused-ring (bicyclic) bond motifs is 1. The van der Waals surface area contributed by atoms with E-state index in [0.717, 1.165) is 19.3 Å². The number of aromatic nitrogens is 1. The second-order valence-electron chi connectivity index (χ2n) is 12.8. The maximum Gasteiger partial charge on any atom is 0.246 e. The van der Waals surface area contributed by atoms with Gasteiger partial charge in [-0.3, -0.25) is 14.4 Å². The van der Waals surface area contributed by atoms with Crippen LogP contribution in [0, 0.1) is 39.9 Å². The van der Waals surface area contributed by atoms with Crippen LogP contribution in [0.25, 0.3) is 0 Å². The third kappa shape index (κ3) is 4.36. The monoisotopic (exact) mass is 512 g/mol. The molecule has 1 aromatic rings. The van der Waals surface area contributed by atoms with Gasteiger partial charge < -0.3 is 20.9 Å². The summed E-state index contributed by atoms with van der Waals surface area (Å²) in [7, 11) is 0. The first-order valence-electron chi connectivity index (χ1n) is 12.8. The van der Waals surface area contributed by atoms with Gasteiger partial charge in [0.15, 0.2) is 5.13 Å². The molecule has 5 rings (SSSR count). The Labute approximate surface area is 216 Å². The minimum atomic E-state index is -0.771. The van der Waals surface area contributed by atoms with Crippen molar-refractivity contribution in [3.8, 4) is 6.07 Å². The van der Waals surface area contributed by atoms with Crippen LogP contribution in [0.4, 0.5) is 5.13 Å². The van der Waals surface area contributed by atoms with Crippen molar-refractivity contribution in [2.45, 2.75) is 84.0 Å². The lowest BCUT2D eigenvalue weighted by molar-refractivity contribution is -0.142. The lowest BCUT2D eigenvalue weighted by Crippen LogP contribution is -2.57. The highest BCUT2D eigenvalue weighted by atomic mass is 32.1. The number of rotatable bonds is 7. The number of nitrogens with zero attached hydrogens (tertiary/aromatic N) is 3. The number of amides is 3. The Morgan fingerprint density at radius 1 is 1.36 bits per heavy atom. The van der Waals surface area contributed by atoms with Gasteiger partial charge in [-0.1, -0.05) is 34.6 Å². The van der Waals surface area contributed by atoms with Crippen LogP contribution >= 0.6 is 11.3 Å². The fourth-order valence-electron chi connectivity index (χ4n) is 6.38. The smallest absolute Gasteiger partial charge is 0.246 e. The number of nitriles is 1. The molecule has 3 heterocycles. The number of anilines is 1. The van der Waals surface area contributed by atoms with Crippen molar-refractivity contribution in [3.63, 3.8) is 0 Å². The molecule has 1 spiro atoms. The largest absolute Gasteiger partial charge is 0.350 e. The fourth-order valence-corrected chi connectivity index (χ4v) is 6.94. The molecule has 0 radical (unpaired) electrons. The van der Waals surface area contributed by atoms with Gasteiger partial charge in [0.2, 0.25) is 17.7 Å². The average Bonchev–Trinajstić information content (AvgIpc) is 3.35. The minimum absolute atomic E-state index is 0.0238. The first-order chi connectivity index (χ1) is 16.9. The molecule has 0 bridgehead atoms. The molecule has 2 aliphatic carbocycles. The van der Waals surface area contributed by atoms with Gasteiger partial charge in [0.25, 0.3) is 0 Å². The van der Waals surface area contributed by atoms with Gasteiger partial charge in [-0.25, -0.2) is 4.98 Å². The van der Waals surface area contributed by atoms with Crippen LogP contribution in [0.5, 0.6) is 0 Å². The summed E-state index contributed by atoms with van der Waals surface area (Å²) in [5.41, 5.74) is -0.515. The summed E-state index contributed by atoms with van der Waals surface area (Å²) in [5.74, 6) is -0.421. The third-order valence-electron chi connectivity index (χ3n) is 8.82. The molecule has 2 saturated heterocycles. The summed E-state index contributed by atoms with van der Waals surface area (Å²) in [6.45, 7) is 10.8. The van der Waals surface area contributed by atoms with Gasteiger partial charge in [0.05, 0.1) is 6.07 Å². The molecule has 2 aliphatic heterocycles. The number of hydrogen-bond donors (Lipinski definition) is 3. The summed E-state index contributed by atoms with van der Waals surface area (Å²) in [6, 6.07) is 0.227. The molecule has 194 valence electrons. The van der Waals surface area contributed by atoms with Gasteiger partial charge in [-0.15, -0.1) is 11.3 Å². The van der Waals surface area contributed by atoms with Crippen molar-refractivity contribution >= 4 is 34.2 Å². The van der Waals surface area contributed by atoms with Gasteiger partial charge in [0, 0.05) is 29.6 Å². The van der Waals surface area contributed by atoms with E-state index in [1.807, 2.05) is 26.2 Å². The number of hydrogen-bond acceptors (Lipinski definition) is 7. The Bertz CT molecular complexity index is 1100. The summed E-state index contributed by atoms with van der Waals surface area (Å²) >= 11 is 1.43. The van der Waals surface area contributed by atoms with Crippen LogP contribution < -0.4 is 16.0 Å². The standard InChI is InChI=1S/C26H36N6O3S/c1-24(2,3)19(30-23-28-8-9-36-23)22(35)32-13-16-17(25(16,4)5)18(32)21(34)29-15(12-27)10-14-11-26(6-7-26)31-20(14)33/h8-9,14-19H,6-7,10-11,13H2,1-5H3,(H,28,30)(H,29,34)(H,31,33). The number of carbonyl (C=O) groups excluding carboxylic acids is 3. The summed E-state index contributed by atoms with van der Waals surface area (Å²) < 4.78 is 0. The Hall–Kier alpha value is -2.67. The molecular weight excluding hydrogens is 476 g/mol. The summed E-state index contributed by atoms with van der Waals surface area (Å²) in [5, 5.41) is 21.6. The molecule has 3 amide bonds. The lowest BCUT2D eigenvalue weighted by Gasteiger charge is -2.37. The molecule has 9 nitrogen and oxygen atoms in total. The van der Waals surface area contributed by atoms with Crippen LogP contribution in [0.2, 0.25) is 0 Å². The fraction of sp³-hybridized carbons (Fsp3) is 0.731. The van der Waals surface area contributed by atoms with Crippen molar-refractivity contribution < 1.29 is 14.4 Å². The van der Waals surface area contributed by atoms with Crippen molar-refractivity contribution in [2.75, 3.05) is 11.9 Å². The first kappa shape index (κ1) is 25.0. The van der Waals surface area contributed by atoms with Gasteiger partial charge in [-0.05, 0) is 48.3 Å². The highest BCUT2D eigenvalue weighted by Crippen LogP contribution is 2.65. The highest BCUT2D eigenvalue weighted by molar-refractivity contribution is 7.13. The Kier molecular flexibility index (Phi) is 5.86. The molecule has 1 aromatic heterocycles. The Morgan fingerprint density at radius 2 is 2.08 bits per heavy atom. The Morgan fingerprint density at radius 3 is 2.64 bits per heavy atom. The van der Waals surface area contributed by atoms with E-state index >= 15 is 0 Å². The molecule has 10 heteroatoms. The van der Waals surface area contributed by atoms with Crippen molar-refractivity contribution in [1.29, 1.82) is 5.26 Å². The summed E-state index contributed by atoms with van der Waals surface area (Å²) in [6.07, 6.45) is 4.68. The highest BCUT2D eigenvalue weighted by Gasteiger charge is 2.69. The third-order valence-corrected chi connectivity index (χ3v) is 9.52. The molecule has 36 heavy (non-hydrogen) atoms. The molecule has 6 unspecified atom stereocenters. The van der Waals surface area contributed by atoms with E-state index in [1.54, 1.807) is 11.1 Å². The Balaban J connectivity index is 1.32. The number of likely N-dealkylation sites (tertiary alicyclic amines) is 1. The predicted molar refractivity (Wildman–Crippen MR) is 136 cm³/mol. The number of carbonyl (C=O) groups is 3. The van der Waals surface area contributed by atoms with Crippen molar-refractivity contribution in [3.05, 3.63) is 11.6 Å². The van der Waals surface area contributed by atoms with Crippen LogP contribution in [-0.4, -0.2) is 57.8 Å². The molecule has 6 atom stereocenters. The van der Waals surface area contributed by atoms with Crippen LogP contribution in [0.3, 0.4) is 0 Å². The maximum atomic E-state index is 13.9. The van der Waals surface area contributed by atoms with E-state index in [0.29, 0.717) is 18.1 Å². The quantitative estimate of drug-likeness (QED) is 0.515. The van der Waals surface area contributed by atoms with Gasteiger partial charge in [0.1, 0.15) is 18.1 Å². The maximum absolute atomic E-state index is 13.9. The second-order valence-corrected chi connectivity index (χ2v) is 13.7. The molecule has 0 aromatic carbocycles. The van der Waals surface area contributed by atoms with Crippen LogP contribution in [0.1, 0.15) is 60.3 Å². The van der Waals surface area contributed by atoms with E-state index in [2.05, 4.69) is 40.9 Å². The zero-order valence-corrected chi connectivity index (χ0v) is 22.4. The van der Waals surface area contributed by atoms with Gasteiger partial charge in [-0.2, -0.15) is 5.26 Å². The lowest BCUT2D eigenvalue weighted by atomic mass is 9.85. The second kappa shape index (κ2) is 8.44. The van der Waals surface area contributed by atoms with E-state index in [9.17, 15) is 19.6 Å². The zero-order chi connectivity index (χ0) is 26.0. The van der Waals surface area contributed by atoms with E-state index in [1.165, 1.54) is 11.3 Å². The van der Waals surface area contributed by atoms with E-state index in [-0.39, 0.29) is 46.4 Å². The first-order valence-corrected chi connectivity index (χ1v) is 13.7. The predicted octanol–water partition coefficient (Wildman–Crippen LogP) is 2.52. The molecular formula is C26H36N6O3S. The molecule has 2 saturated carbocycles. The average molecular weight is 513 g/mol. The number of nitrogens with one attached hydrogen (secondary N) is 3. The van der Waals surface area contributed by atoms with E-state index in [4.69, 9.17) is 0 Å². The SMILES string of the molecule is CC(C)(C)C(Nc1nccs1)C(=O)N1CC2C(C1C(=O)NC(C#N)CC1CC3(CC3)NC1=O)C2(C)C. The van der Waals surface area contributed by atoms with Crippen molar-refractivity contribution in [2.24, 2.45) is 28.6 Å². The van der Waals surface area contributed by atoms with E-state index < -0.39 is 23.5 Å². The van der Waals surface area contributed by atoms with Gasteiger partial charge >= 0.3 is 0 Å². The molecule has 4 aliphatic rings. The summed E-state index contributed by atoms with van der Waals surface area (Å²) in [4.78, 5) is 46.0. The van der Waals surface area contributed by atoms with Crippen LogP contribution in [-0.2, 0) is 14.4 Å². The number of thiazole rings is 1. The molecule has 3 N–H and O–H groups in total. The zero-order valence-electron chi connectivity index (χ0n) is 21.6. The topological polar surface area (TPSA) is 127 Å². The van der Waals surface area contributed by atoms with Crippen LogP contribution in [0.15, 0.2) is 11.6 Å². The minimum Gasteiger partial charge on any atom is -0.350 e. The normalized spacial score (nSPS) is 30.7.